The van der Waals surface area contributed by atoms with Gasteiger partial charge in [0.2, 0.25) is 5.78 Å². The highest BCUT2D eigenvalue weighted by Crippen LogP contribution is 2.31. The number of carbonyl (C=O) groups excluding carboxylic acids is 1. The lowest BCUT2D eigenvalue weighted by molar-refractivity contribution is 0.102. The number of benzene rings is 2. The molecular formula is C19H10O7. The van der Waals surface area contributed by atoms with E-state index in [0.717, 1.165) is 0 Å². The fourth-order valence-corrected chi connectivity index (χ4v) is 2.79. The SMILES string of the molecule is O=C(c1c(O)c2ccccc2oc1=O)c1c(O)c2ccccc2oc1=O. The van der Waals surface area contributed by atoms with Crippen molar-refractivity contribution in [2.45, 2.75) is 0 Å². The molecule has 0 spiro atoms. The van der Waals surface area contributed by atoms with Gasteiger partial charge in [0.05, 0.1) is 10.8 Å². The maximum absolute atomic E-state index is 12.8. The number of hydrogen-bond donors (Lipinski definition) is 2. The van der Waals surface area contributed by atoms with Crippen LogP contribution in [0.4, 0.5) is 0 Å². The molecule has 2 N–H and O–H groups in total. The van der Waals surface area contributed by atoms with Crippen LogP contribution in [0.5, 0.6) is 11.5 Å². The van der Waals surface area contributed by atoms with E-state index < -0.39 is 39.7 Å². The molecule has 0 atom stereocenters. The van der Waals surface area contributed by atoms with Crippen LogP contribution in [0.2, 0.25) is 0 Å². The molecule has 0 aliphatic heterocycles. The Morgan fingerprint density at radius 3 is 1.50 bits per heavy atom. The minimum Gasteiger partial charge on any atom is -0.506 e. The zero-order valence-corrected chi connectivity index (χ0v) is 13.1. The Hall–Kier alpha value is -3.87. The average molecular weight is 350 g/mol. The fraction of sp³-hybridized carbons (Fsp3) is 0. The highest BCUT2D eigenvalue weighted by atomic mass is 16.4. The van der Waals surface area contributed by atoms with Gasteiger partial charge in [-0.05, 0) is 24.3 Å². The van der Waals surface area contributed by atoms with Gasteiger partial charge < -0.3 is 19.0 Å². The first-order valence-electron chi connectivity index (χ1n) is 7.53. The zero-order chi connectivity index (χ0) is 18.4. The Bertz CT molecular complexity index is 1210. The summed E-state index contributed by atoms with van der Waals surface area (Å²) in [4.78, 5) is 37.2. The number of carbonyl (C=O) groups is 1. The van der Waals surface area contributed by atoms with Crippen LogP contribution in [0.1, 0.15) is 15.9 Å². The van der Waals surface area contributed by atoms with Gasteiger partial charge in [-0.3, -0.25) is 4.79 Å². The summed E-state index contributed by atoms with van der Waals surface area (Å²) in [5.74, 6) is -2.44. The first-order valence-corrected chi connectivity index (χ1v) is 7.53. The summed E-state index contributed by atoms with van der Waals surface area (Å²) in [6.45, 7) is 0. The van der Waals surface area contributed by atoms with Crippen molar-refractivity contribution >= 4 is 27.7 Å². The standard InChI is InChI=1S/C19H10O7/c20-15-9-5-1-3-7-11(9)25-18(23)13(15)17(22)14-16(21)10-6-2-4-8-12(10)26-19(14)24/h1-8,20-21H. The molecular weight excluding hydrogens is 340 g/mol. The first kappa shape index (κ1) is 15.6. The molecule has 7 heteroatoms. The van der Waals surface area contributed by atoms with E-state index in [-0.39, 0.29) is 21.9 Å². The molecule has 4 rings (SSSR count). The van der Waals surface area contributed by atoms with E-state index in [0.29, 0.717) is 0 Å². The number of rotatable bonds is 2. The molecule has 0 unspecified atom stereocenters. The van der Waals surface area contributed by atoms with Gasteiger partial charge >= 0.3 is 11.3 Å². The number of aromatic hydroxyl groups is 2. The second-order valence-corrected chi connectivity index (χ2v) is 5.55. The second kappa shape index (κ2) is 5.59. The van der Waals surface area contributed by atoms with Gasteiger partial charge in [-0.15, -0.1) is 0 Å². The Morgan fingerprint density at radius 2 is 1.08 bits per heavy atom. The summed E-state index contributed by atoms with van der Waals surface area (Å²) in [6, 6.07) is 12.2. The van der Waals surface area contributed by atoms with Crippen LogP contribution in [0.3, 0.4) is 0 Å². The van der Waals surface area contributed by atoms with E-state index in [4.69, 9.17) is 8.83 Å². The Morgan fingerprint density at radius 1 is 0.692 bits per heavy atom. The minimum atomic E-state index is -1.18. The summed E-state index contributed by atoms with van der Waals surface area (Å²) in [7, 11) is 0. The largest absolute Gasteiger partial charge is 0.506 e. The van der Waals surface area contributed by atoms with Gasteiger partial charge in [-0.1, -0.05) is 24.3 Å². The van der Waals surface area contributed by atoms with Crippen molar-refractivity contribution in [3.8, 4) is 11.5 Å². The van der Waals surface area contributed by atoms with Crippen molar-refractivity contribution < 1.29 is 23.8 Å². The summed E-state index contributed by atoms with van der Waals surface area (Å²) in [5, 5.41) is 21.0. The third-order valence-electron chi connectivity index (χ3n) is 4.03. The van der Waals surface area contributed by atoms with Gasteiger partial charge in [-0.2, -0.15) is 0 Å². The van der Waals surface area contributed by atoms with Gasteiger partial charge in [0.1, 0.15) is 22.7 Å². The van der Waals surface area contributed by atoms with Crippen LogP contribution >= 0.6 is 0 Å². The Balaban J connectivity index is 2.03. The second-order valence-electron chi connectivity index (χ2n) is 5.55. The van der Waals surface area contributed by atoms with Gasteiger partial charge in [0, 0.05) is 0 Å². The van der Waals surface area contributed by atoms with Gasteiger partial charge in [-0.25, -0.2) is 9.59 Å². The van der Waals surface area contributed by atoms with Crippen molar-refractivity contribution in [2.24, 2.45) is 0 Å². The molecule has 128 valence electrons. The molecule has 0 aliphatic carbocycles. The van der Waals surface area contributed by atoms with E-state index >= 15 is 0 Å². The lowest BCUT2D eigenvalue weighted by atomic mass is 10.0. The quantitative estimate of drug-likeness (QED) is 0.421. The van der Waals surface area contributed by atoms with Crippen LogP contribution in [0.25, 0.3) is 21.9 Å². The van der Waals surface area contributed by atoms with E-state index in [1.54, 1.807) is 24.3 Å². The smallest absolute Gasteiger partial charge is 0.351 e. The predicted molar refractivity (Wildman–Crippen MR) is 91.7 cm³/mol. The molecule has 0 amide bonds. The van der Waals surface area contributed by atoms with Crippen LogP contribution < -0.4 is 11.3 Å². The summed E-state index contributed by atoms with van der Waals surface area (Å²) in [6.07, 6.45) is 0. The van der Waals surface area contributed by atoms with Crippen molar-refractivity contribution in [1.82, 2.24) is 0 Å². The van der Waals surface area contributed by atoms with Crippen molar-refractivity contribution in [2.75, 3.05) is 0 Å². The maximum Gasteiger partial charge on any atom is 0.351 e. The van der Waals surface area contributed by atoms with Crippen LogP contribution in [-0.4, -0.2) is 16.0 Å². The van der Waals surface area contributed by atoms with E-state index in [2.05, 4.69) is 0 Å². The minimum absolute atomic E-state index is 0.0846. The third kappa shape index (κ3) is 2.18. The van der Waals surface area contributed by atoms with Crippen LogP contribution in [-0.2, 0) is 0 Å². The van der Waals surface area contributed by atoms with Gasteiger partial charge in [0.25, 0.3) is 0 Å². The average Bonchev–Trinajstić information content (AvgIpc) is 2.62. The maximum atomic E-state index is 12.8. The highest BCUT2D eigenvalue weighted by molar-refractivity contribution is 6.15. The lowest BCUT2D eigenvalue weighted by Crippen LogP contribution is -2.21. The number of para-hydroxylation sites is 2. The first-order chi connectivity index (χ1) is 12.5. The fourth-order valence-electron chi connectivity index (χ4n) is 2.79. The molecule has 2 aromatic heterocycles. The summed E-state index contributed by atoms with van der Waals surface area (Å²) < 4.78 is 10.1. The molecule has 2 heterocycles. The normalized spacial score (nSPS) is 11.1. The van der Waals surface area contributed by atoms with Crippen molar-refractivity contribution in [3.63, 3.8) is 0 Å². The molecule has 0 aliphatic rings. The van der Waals surface area contributed by atoms with E-state index in [9.17, 15) is 24.6 Å². The molecule has 0 saturated heterocycles. The molecule has 2 aromatic carbocycles. The van der Waals surface area contributed by atoms with Crippen LogP contribution in [0.15, 0.2) is 67.0 Å². The van der Waals surface area contributed by atoms with Crippen molar-refractivity contribution in [3.05, 3.63) is 80.5 Å². The highest BCUT2D eigenvalue weighted by Gasteiger charge is 2.28. The molecule has 7 nitrogen and oxygen atoms in total. The van der Waals surface area contributed by atoms with E-state index in [1.165, 1.54) is 24.3 Å². The molecule has 0 saturated carbocycles. The number of fused-ring (bicyclic) bond motifs is 2. The van der Waals surface area contributed by atoms with Crippen LogP contribution in [0, 0.1) is 0 Å². The molecule has 0 fully saturated rings. The van der Waals surface area contributed by atoms with Gasteiger partial charge in [0.15, 0.2) is 11.1 Å². The topological polar surface area (TPSA) is 118 Å². The third-order valence-corrected chi connectivity index (χ3v) is 4.03. The summed E-state index contributed by atoms with van der Waals surface area (Å²) >= 11 is 0. The van der Waals surface area contributed by atoms with Crippen molar-refractivity contribution in [1.29, 1.82) is 0 Å². The molecule has 26 heavy (non-hydrogen) atoms. The molecule has 4 aromatic rings. The number of ketones is 1. The Kier molecular flexibility index (Phi) is 3.37. The molecule has 0 radical (unpaired) electrons. The Labute approximate surface area is 144 Å². The monoisotopic (exact) mass is 350 g/mol. The predicted octanol–water partition coefficient (Wildman–Crippen LogP) is 2.54. The lowest BCUT2D eigenvalue weighted by Gasteiger charge is -2.07. The zero-order valence-electron chi connectivity index (χ0n) is 13.1. The summed E-state index contributed by atoms with van der Waals surface area (Å²) in [5.41, 5.74) is -3.58. The van der Waals surface area contributed by atoms with E-state index in [1.807, 2.05) is 0 Å². The molecule has 0 bridgehead atoms. The number of hydrogen-bond acceptors (Lipinski definition) is 7.